The molecule has 0 aromatic rings. The van der Waals surface area contributed by atoms with Crippen molar-refractivity contribution in [2.24, 2.45) is 5.92 Å². The average molecular weight is 345 g/mol. The normalized spacial score (nSPS) is 18.2. The van der Waals surface area contributed by atoms with Crippen molar-refractivity contribution in [2.75, 3.05) is 5.88 Å². The Morgan fingerprint density at radius 3 is 2.58 bits per heavy atom. The molecule has 1 atom stereocenters. The molecule has 132 valence electrons. The molecule has 0 bridgehead atoms. The predicted molar refractivity (Wildman–Crippen MR) is 111 cm³/mol. The summed E-state index contributed by atoms with van der Waals surface area (Å²) in [6.45, 7) is 6.58. The first-order valence-corrected chi connectivity index (χ1v) is 9.53. The Balaban J connectivity index is 0.00000254. The first kappa shape index (κ1) is 22.6. The number of alkyl halides is 1. The van der Waals surface area contributed by atoms with E-state index in [2.05, 4.69) is 76.2 Å². The minimum Gasteiger partial charge on any atom is -0.126 e. The second-order valence-corrected chi connectivity index (χ2v) is 6.39. The summed E-state index contributed by atoms with van der Waals surface area (Å²) < 4.78 is 0. The Bertz CT molecular complexity index is 497. The summed E-state index contributed by atoms with van der Waals surface area (Å²) in [5.41, 5.74) is 4.46. The maximum absolute atomic E-state index is 6.06. The summed E-state index contributed by atoms with van der Waals surface area (Å²) in [6, 6.07) is 0. The molecule has 0 heterocycles. The van der Waals surface area contributed by atoms with Crippen LogP contribution in [0.3, 0.4) is 0 Å². The number of unbranched alkanes of at least 4 members (excludes halogenated alkanes) is 1. The molecule has 1 heteroatoms. The zero-order chi connectivity index (χ0) is 18.2. The molecule has 0 saturated carbocycles. The molecule has 0 aromatic heterocycles. The van der Waals surface area contributed by atoms with Gasteiger partial charge in [-0.05, 0) is 56.1 Å². The van der Waals surface area contributed by atoms with Gasteiger partial charge in [0.2, 0.25) is 0 Å². The minimum atomic E-state index is 0.663. The predicted octanol–water partition coefficient (Wildman–Crippen LogP) is 7.40. The van der Waals surface area contributed by atoms with E-state index in [9.17, 15) is 0 Å². The van der Waals surface area contributed by atoms with Crippen LogP contribution in [-0.2, 0) is 0 Å². The highest BCUT2D eigenvalue weighted by Crippen LogP contribution is 2.30. The van der Waals surface area contributed by atoms with Crippen LogP contribution in [0.1, 0.15) is 59.3 Å². The van der Waals surface area contributed by atoms with Crippen LogP contribution >= 0.6 is 11.6 Å². The van der Waals surface area contributed by atoms with Gasteiger partial charge in [-0.2, -0.15) is 0 Å². The van der Waals surface area contributed by atoms with Crippen LogP contribution in [0.15, 0.2) is 59.3 Å². The van der Waals surface area contributed by atoms with Crippen molar-refractivity contribution in [1.82, 2.24) is 0 Å². The number of hydrogen-bond acceptors (Lipinski definition) is 0. The van der Waals surface area contributed by atoms with Crippen LogP contribution < -0.4 is 0 Å². The molecule has 24 heavy (non-hydrogen) atoms. The topological polar surface area (TPSA) is 0 Å². The van der Waals surface area contributed by atoms with Gasteiger partial charge in [0.15, 0.2) is 0 Å². The monoisotopic (exact) mass is 344 g/mol. The molecule has 0 saturated heterocycles. The van der Waals surface area contributed by atoms with Crippen LogP contribution in [0.5, 0.6) is 0 Å². The quantitative estimate of drug-likeness (QED) is 0.232. The lowest BCUT2D eigenvalue weighted by molar-refractivity contribution is 0.727. The maximum Gasteiger partial charge on any atom is 0.0260 e. The van der Waals surface area contributed by atoms with Crippen molar-refractivity contribution < 1.29 is 0 Å². The fourth-order valence-corrected chi connectivity index (χ4v) is 2.95. The van der Waals surface area contributed by atoms with Crippen LogP contribution in [-0.4, -0.2) is 5.88 Å². The van der Waals surface area contributed by atoms with Crippen molar-refractivity contribution >= 4 is 11.6 Å². The van der Waals surface area contributed by atoms with Crippen molar-refractivity contribution in [2.45, 2.75) is 59.3 Å². The lowest BCUT2D eigenvalue weighted by Gasteiger charge is -2.19. The van der Waals surface area contributed by atoms with Crippen LogP contribution in [0.2, 0.25) is 0 Å². The average Bonchev–Trinajstić information content (AvgIpc) is 2.62. The molecule has 0 N–H and O–H groups in total. The summed E-state index contributed by atoms with van der Waals surface area (Å²) in [7, 11) is 0. The fourth-order valence-electron chi connectivity index (χ4n) is 2.72. The van der Waals surface area contributed by atoms with E-state index in [1.165, 1.54) is 30.4 Å². The van der Waals surface area contributed by atoms with E-state index in [1.54, 1.807) is 5.57 Å². The molecule has 0 radical (unpaired) electrons. The van der Waals surface area contributed by atoms with Gasteiger partial charge in [-0.1, -0.05) is 68.4 Å². The second-order valence-electron chi connectivity index (χ2n) is 6.01. The summed E-state index contributed by atoms with van der Waals surface area (Å²) in [5, 5.41) is 0. The van der Waals surface area contributed by atoms with Gasteiger partial charge in [-0.15, -0.1) is 24.4 Å². The Kier molecular flexibility index (Phi) is 14.2. The van der Waals surface area contributed by atoms with Gasteiger partial charge in [-0.25, -0.2) is 0 Å². The molecule has 1 aliphatic rings. The molecular weight excluding hydrogens is 312 g/mol. The Hall–Kier alpha value is -1.45. The molecule has 0 nitrogen and oxygen atoms in total. The van der Waals surface area contributed by atoms with Crippen molar-refractivity contribution in [3.05, 3.63) is 59.3 Å². The molecule has 0 aromatic carbocycles. The Morgan fingerprint density at radius 2 is 2.04 bits per heavy atom. The standard InChI is InChI=1S/C21H31Cl.C2H2/c1-4-6-8-9-11-21(19(16-17-22)10-7-5-2)20-14-12-18(3)13-15-20;1-2/h4,6,8-9,12,14-15,18H,5,7,10-11,13,16-17H2,1-3H3;1-2H/b6-4-,9-8-,21-19+;. The summed E-state index contributed by atoms with van der Waals surface area (Å²) in [6.07, 6.45) is 30.5. The molecule has 0 aliphatic heterocycles. The van der Waals surface area contributed by atoms with Gasteiger partial charge < -0.3 is 0 Å². The second kappa shape index (κ2) is 15.1. The number of halogens is 1. The van der Waals surface area contributed by atoms with E-state index in [4.69, 9.17) is 11.6 Å². The summed E-state index contributed by atoms with van der Waals surface area (Å²) >= 11 is 6.06. The van der Waals surface area contributed by atoms with Crippen LogP contribution in [0.25, 0.3) is 0 Å². The highest BCUT2D eigenvalue weighted by Gasteiger charge is 2.12. The third-order valence-electron chi connectivity index (χ3n) is 4.08. The largest absolute Gasteiger partial charge is 0.126 e. The van der Waals surface area contributed by atoms with Gasteiger partial charge >= 0.3 is 0 Å². The maximum atomic E-state index is 6.06. The molecule has 0 spiro atoms. The van der Waals surface area contributed by atoms with E-state index < -0.39 is 0 Å². The van der Waals surface area contributed by atoms with Crippen LogP contribution in [0.4, 0.5) is 0 Å². The molecule has 0 amide bonds. The van der Waals surface area contributed by atoms with Crippen molar-refractivity contribution in [3.8, 4) is 12.8 Å². The zero-order valence-corrected chi connectivity index (χ0v) is 16.4. The third-order valence-corrected chi connectivity index (χ3v) is 4.27. The smallest absolute Gasteiger partial charge is 0.0260 e. The Labute approximate surface area is 155 Å². The lowest BCUT2D eigenvalue weighted by atomic mass is 9.87. The minimum absolute atomic E-state index is 0.663. The summed E-state index contributed by atoms with van der Waals surface area (Å²) in [4.78, 5) is 0. The van der Waals surface area contributed by atoms with E-state index in [-0.39, 0.29) is 0 Å². The van der Waals surface area contributed by atoms with E-state index in [0.717, 1.165) is 19.3 Å². The molecule has 1 aliphatic carbocycles. The van der Waals surface area contributed by atoms with Crippen molar-refractivity contribution in [3.63, 3.8) is 0 Å². The van der Waals surface area contributed by atoms with E-state index in [0.29, 0.717) is 11.8 Å². The van der Waals surface area contributed by atoms with Gasteiger partial charge in [0.05, 0.1) is 0 Å². The number of allylic oxidation sites excluding steroid dienone is 10. The molecule has 1 rings (SSSR count). The fraction of sp³-hybridized carbons (Fsp3) is 0.478. The van der Waals surface area contributed by atoms with Gasteiger partial charge in [-0.3, -0.25) is 0 Å². The lowest BCUT2D eigenvalue weighted by Crippen LogP contribution is -2.01. The van der Waals surface area contributed by atoms with Gasteiger partial charge in [0, 0.05) is 5.88 Å². The first-order chi connectivity index (χ1) is 11.7. The zero-order valence-electron chi connectivity index (χ0n) is 15.6. The van der Waals surface area contributed by atoms with Crippen LogP contribution in [0, 0.1) is 18.8 Å². The third kappa shape index (κ3) is 8.99. The highest BCUT2D eigenvalue weighted by atomic mass is 35.5. The van der Waals surface area contributed by atoms with Gasteiger partial charge in [0.25, 0.3) is 0 Å². The Morgan fingerprint density at radius 1 is 1.29 bits per heavy atom. The summed E-state index contributed by atoms with van der Waals surface area (Å²) in [5.74, 6) is 1.38. The molecule has 0 fully saturated rings. The first-order valence-electron chi connectivity index (χ1n) is 8.99. The van der Waals surface area contributed by atoms with Crippen molar-refractivity contribution in [1.29, 1.82) is 0 Å². The molecule has 1 unspecified atom stereocenters. The van der Waals surface area contributed by atoms with E-state index >= 15 is 0 Å². The van der Waals surface area contributed by atoms with E-state index in [1.807, 2.05) is 0 Å². The number of terminal acetylenes is 1. The highest BCUT2D eigenvalue weighted by molar-refractivity contribution is 6.18. The number of hydrogen-bond donors (Lipinski definition) is 0. The molecular formula is C23H33Cl. The van der Waals surface area contributed by atoms with Gasteiger partial charge in [0.1, 0.15) is 0 Å². The number of rotatable bonds is 9. The SMILES string of the molecule is C#C.C/C=C\C=C/C/C(C1=CCC(C)C=C1)=C(\CCCl)CCCC.